The molecule has 2 amide bonds. The topological polar surface area (TPSA) is 52.7 Å². The second kappa shape index (κ2) is 7.22. The van der Waals surface area contributed by atoms with Gasteiger partial charge in [0.2, 0.25) is 11.8 Å². The summed E-state index contributed by atoms with van der Waals surface area (Å²) in [5, 5.41) is 3.20. The van der Waals surface area contributed by atoms with Gasteiger partial charge >= 0.3 is 0 Å². The molecule has 0 bridgehead atoms. The molecular weight excluding hydrogens is 266 g/mol. The molecule has 1 aromatic carbocycles. The highest BCUT2D eigenvalue weighted by molar-refractivity contribution is 5.79. The fourth-order valence-corrected chi connectivity index (χ4v) is 2.50. The zero-order chi connectivity index (χ0) is 15.2. The Bertz CT molecular complexity index is 508. The lowest BCUT2D eigenvalue weighted by Crippen LogP contribution is -2.51. The standard InChI is InChI=1S/C16H23N3O2/c1-13-5-3-4-6-15(13)11-17-12-16(21)19-9-7-18(8-10-19)14(2)20/h3-6,17H,7-12H2,1-2H3. The van der Waals surface area contributed by atoms with Gasteiger partial charge in [0.25, 0.3) is 0 Å². The molecule has 2 rings (SSSR count). The summed E-state index contributed by atoms with van der Waals surface area (Å²) < 4.78 is 0. The number of benzene rings is 1. The van der Waals surface area contributed by atoms with Crippen LogP contribution < -0.4 is 5.32 Å². The average molecular weight is 289 g/mol. The van der Waals surface area contributed by atoms with Crippen molar-refractivity contribution in [1.29, 1.82) is 0 Å². The molecule has 1 aliphatic rings. The molecule has 1 aliphatic heterocycles. The summed E-state index contributed by atoms with van der Waals surface area (Å²) in [6.45, 7) is 7.22. The molecule has 0 spiro atoms. The molecule has 0 radical (unpaired) electrons. The number of hydrogen-bond donors (Lipinski definition) is 1. The van der Waals surface area contributed by atoms with Crippen LogP contribution in [0, 0.1) is 6.92 Å². The number of carbonyl (C=O) groups excluding carboxylic acids is 2. The van der Waals surface area contributed by atoms with Gasteiger partial charge in [-0.1, -0.05) is 24.3 Å². The summed E-state index contributed by atoms with van der Waals surface area (Å²) in [4.78, 5) is 27.0. The normalized spacial score (nSPS) is 15.1. The highest BCUT2D eigenvalue weighted by atomic mass is 16.2. The number of nitrogens with one attached hydrogen (secondary N) is 1. The maximum absolute atomic E-state index is 12.1. The lowest BCUT2D eigenvalue weighted by molar-refractivity contribution is -0.137. The van der Waals surface area contributed by atoms with E-state index in [0.717, 1.165) is 0 Å². The quantitative estimate of drug-likeness (QED) is 0.891. The van der Waals surface area contributed by atoms with Crippen LogP contribution >= 0.6 is 0 Å². The van der Waals surface area contributed by atoms with Crippen molar-refractivity contribution in [2.75, 3.05) is 32.7 Å². The smallest absolute Gasteiger partial charge is 0.236 e. The van der Waals surface area contributed by atoms with Crippen molar-refractivity contribution in [3.8, 4) is 0 Å². The van der Waals surface area contributed by atoms with Crippen LogP contribution in [0.25, 0.3) is 0 Å². The van der Waals surface area contributed by atoms with Gasteiger partial charge in [-0.2, -0.15) is 0 Å². The first-order valence-corrected chi connectivity index (χ1v) is 7.36. The van der Waals surface area contributed by atoms with Crippen molar-refractivity contribution in [3.63, 3.8) is 0 Å². The zero-order valence-corrected chi connectivity index (χ0v) is 12.8. The maximum Gasteiger partial charge on any atom is 0.236 e. The minimum Gasteiger partial charge on any atom is -0.339 e. The summed E-state index contributed by atoms with van der Waals surface area (Å²) in [6.07, 6.45) is 0. The van der Waals surface area contributed by atoms with Gasteiger partial charge in [-0.05, 0) is 18.1 Å². The Morgan fingerprint density at radius 1 is 1.10 bits per heavy atom. The van der Waals surface area contributed by atoms with Gasteiger partial charge in [0.15, 0.2) is 0 Å². The number of nitrogens with zero attached hydrogens (tertiary/aromatic N) is 2. The first-order chi connectivity index (χ1) is 10.1. The van der Waals surface area contributed by atoms with Crippen molar-refractivity contribution in [1.82, 2.24) is 15.1 Å². The van der Waals surface area contributed by atoms with Crippen molar-refractivity contribution in [3.05, 3.63) is 35.4 Å². The van der Waals surface area contributed by atoms with E-state index in [9.17, 15) is 9.59 Å². The van der Waals surface area contributed by atoms with Gasteiger partial charge in [-0.15, -0.1) is 0 Å². The van der Waals surface area contributed by atoms with E-state index in [1.54, 1.807) is 11.8 Å². The van der Waals surface area contributed by atoms with E-state index in [2.05, 4.69) is 24.4 Å². The summed E-state index contributed by atoms with van der Waals surface area (Å²) in [5.74, 6) is 0.187. The molecule has 1 saturated heterocycles. The first-order valence-electron chi connectivity index (χ1n) is 7.36. The Hall–Kier alpha value is -1.88. The van der Waals surface area contributed by atoms with E-state index in [4.69, 9.17) is 0 Å². The molecule has 1 heterocycles. The molecule has 1 aromatic rings. The van der Waals surface area contributed by atoms with Gasteiger partial charge in [0.1, 0.15) is 0 Å². The molecule has 1 N–H and O–H groups in total. The zero-order valence-electron chi connectivity index (χ0n) is 12.8. The van der Waals surface area contributed by atoms with Crippen LogP contribution in [-0.4, -0.2) is 54.3 Å². The number of aryl methyl sites for hydroxylation is 1. The second-order valence-corrected chi connectivity index (χ2v) is 5.42. The van der Waals surface area contributed by atoms with Gasteiger partial charge in [0, 0.05) is 39.6 Å². The van der Waals surface area contributed by atoms with Gasteiger partial charge < -0.3 is 15.1 Å². The van der Waals surface area contributed by atoms with Crippen LogP contribution in [0.5, 0.6) is 0 Å². The molecule has 5 heteroatoms. The Morgan fingerprint density at radius 3 is 2.33 bits per heavy atom. The summed E-state index contributed by atoms with van der Waals surface area (Å²) >= 11 is 0. The predicted molar refractivity (Wildman–Crippen MR) is 81.7 cm³/mol. The van der Waals surface area contributed by atoms with Crippen LogP contribution in [0.4, 0.5) is 0 Å². The van der Waals surface area contributed by atoms with E-state index in [1.807, 2.05) is 17.0 Å². The molecule has 0 aliphatic carbocycles. The highest BCUT2D eigenvalue weighted by Gasteiger charge is 2.21. The lowest BCUT2D eigenvalue weighted by Gasteiger charge is -2.34. The Labute approximate surface area is 125 Å². The largest absolute Gasteiger partial charge is 0.339 e. The van der Waals surface area contributed by atoms with Crippen LogP contribution in [0.15, 0.2) is 24.3 Å². The molecule has 0 unspecified atom stereocenters. The van der Waals surface area contributed by atoms with Crippen LogP contribution in [-0.2, 0) is 16.1 Å². The Kier molecular flexibility index (Phi) is 5.33. The minimum absolute atomic E-state index is 0.0831. The number of hydrogen-bond acceptors (Lipinski definition) is 3. The third kappa shape index (κ3) is 4.29. The fraction of sp³-hybridized carbons (Fsp3) is 0.500. The number of amides is 2. The summed E-state index contributed by atoms with van der Waals surface area (Å²) in [6, 6.07) is 8.16. The molecular formula is C16H23N3O2. The molecule has 0 saturated carbocycles. The SMILES string of the molecule is CC(=O)N1CCN(C(=O)CNCc2ccccc2C)CC1. The lowest BCUT2D eigenvalue weighted by atomic mass is 10.1. The summed E-state index contributed by atoms with van der Waals surface area (Å²) in [7, 11) is 0. The summed E-state index contributed by atoms with van der Waals surface area (Å²) in [5.41, 5.74) is 2.44. The van der Waals surface area contributed by atoms with E-state index in [1.165, 1.54) is 11.1 Å². The minimum atomic E-state index is 0.0831. The van der Waals surface area contributed by atoms with Crippen molar-refractivity contribution in [2.24, 2.45) is 0 Å². The van der Waals surface area contributed by atoms with E-state index < -0.39 is 0 Å². The fourth-order valence-electron chi connectivity index (χ4n) is 2.50. The molecule has 21 heavy (non-hydrogen) atoms. The van der Waals surface area contributed by atoms with Crippen molar-refractivity contribution < 1.29 is 9.59 Å². The van der Waals surface area contributed by atoms with Gasteiger partial charge in [-0.25, -0.2) is 0 Å². The molecule has 114 valence electrons. The number of carbonyl (C=O) groups is 2. The van der Waals surface area contributed by atoms with Crippen LogP contribution in [0.2, 0.25) is 0 Å². The monoisotopic (exact) mass is 289 g/mol. The number of piperazine rings is 1. The number of rotatable bonds is 4. The molecule has 1 fully saturated rings. The third-order valence-electron chi connectivity index (χ3n) is 3.93. The first kappa shape index (κ1) is 15.5. The highest BCUT2D eigenvalue weighted by Crippen LogP contribution is 2.06. The van der Waals surface area contributed by atoms with Gasteiger partial charge in [0.05, 0.1) is 6.54 Å². The van der Waals surface area contributed by atoms with Gasteiger partial charge in [-0.3, -0.25) is 9.59 Å². The average Bonchev–Trinajstić information content (AvgIpc) is 2.49. The molecule has 0 atom stereocenters. The van der Waals surface area contributed by atoms with Crippen LogP contribution in [0.1, 0.15) is 18.1 Å². The second-order valence-electron chi connectivity index (χ2n) is 5.42. The van der Waals surface area contributed by atoms with E-state index in [0.29, 0.717) is 39.3 Å². The van der Waals surface area contributed by atoms with Crippen molar-refractivity contribution >= 4 is 11.8 Å². The molecule has 0 aromatic heterocycles. The van der Waals surface area contributed by atoms with Crippen molar-refractivity contribution in [2.45, 2.75) is 20.4 Å². The maximum atomic E-state index is 12.1. The molecule has 5 nitrogen and oxygen atoms in total. The van der Waals surface area contributed by atoms with Crippen LogP contribution in [0.3, 0.4) is 0 Å². The predicted octanol–water partition coefficient (Wildman–Crippen LogP) is 0.775. The third-order valence-corrected chi connectivity index (χ3v) is 3.93. The van der Waals surface area contributed by atoms with E-state index >= 15 is 0 Å². The van der Waals surface area contributed by atoms with E-state index in [-0.39, 0.29) is 11.8 Å². The Morgan fingerprint density at radius 2 is 1.71 bits per heavy atom. The Balaban J connectivity index is 1.73.